The molecule has 5 heavy (non-hydrogen) atoms. The second-order valence-electron chi connectivity index (χ2n) is 0.556. The van der Waals surface area contributed by atoms with Gasteiger partial charge in [-0.25, -0.2) is 0 Å². The Morgan fingerprint density at radius 3 is 1.80 bits per heavy atom. The van der Waals surface area contributed by atoms with Crippen LogP contribution in [-0.2, 0) is 4.79 Å². The van der Waals surface area contributed by atoms with E-state index in [0.29, 0.717) is 0 Å². The molecule has 0 heterocycles. The minimum Gasteiger partial charge on any atom is -0.668 e. The van der Waals surface area contributed by atoms with Crippen molar-refractivity contribution in [3.05, 3.63) is 5.73 Å². The summed E-state index contributed by atoms with van der Waals surface area (Å²) < 4.78 is 0. The Labute approximate surface area is 42.9 Å². The second kappa shape index (κ2) is 4.07. The van der Waals surface area contributed by atoms with Gasteiger partial charge in [0.2, 0.25) is 0 Å². The predicted molar refractivity (Wildman–Crippen MR) is 15.0 cm³/mol. The van der Waals surface area contributed by atoms with Crippen molar-refractivity contribution in [2.24, 2.45) is 0 Å². The summed E-state index contributed by atoms with van der Waals surface area (Å²) in [6.45, 7) is 1.19. The molecule has 0 saturated heterocycles. The molecule has 3 heteroatoms. The van der Waals surface area contributed by atoms with Gasteiger partial charge in [-0.3, -0.25) is 0 Å². The molecule has 0 unspecified atom stereocenters. The Hall–Kier alpha value is 0.0674. The summed E-state index contributed by atoms with van der Waals surface area (Å²) in [7, 11) is 0. The smallest absolute Gasteiger partial charge is 0.668 e. The number of hydrogen-bond acceptors (Lipinski definition) is 1. The summed E-state index contributed by atoms with van der Waals surface area (Å²) in [6, 6.07) is 0. The number of hydrogen-bond donors (Lipinski definition) is 0. The van der Waals surface area contributed by atoms with Crippen LogP contribution in [0.3, 0.4) is 0 Å². The second-order valence-corrected chi connectivity index (χ2v) is 0.556. The molecule has 0 atom stereocenters. The Balaban J connectivity index is 0. The molecule has 24 valence electrons. The maximum Gasteiger partial charge on any atom is 1.00 e. The third-order valence-corrected chi connectivity index (χ3v) is 0. The fourth-order valence-corrected chi connectivity index (χ4v) is 0. The van der Waals surface area contributed by atoms with Crippen LogP contribution < -0.4 is 18.9 Å². The Morgan fingerprint density at radius 2 is 1.80 bits per heavy atom. The van der Waals surface area contributed by atoms with Gasteiger partial charge in [0, 0.05) is 5.91 Å². The van der Waals surface area contributed by atoms with Crippen LogP contribution in [0.4, 0.5) is 0 Å². The van der Waals surface area contributed by atoms with Gasteiger partial charge in [0.1, 0.15) is 0 Å². The van der Waals surface area contributed by atoms with Crippen molar-refractivity contribution in [2.45, 2.75) is 6.92 Å². The molecule has 0 rings (SSSR count). The standard InChI is InChI=1S/C2H5NO.Li/c1-2(3)4;/h1H3,(H2,3,4);/q;+1/p-1. The molecule has 0 spiro atoms. The molecule has 0 aliphatic rings. The summed E-state index contributed by atoms with van der Waals surface area (Å²) in [5, 5.41) is 0. The van der Waals surface area contributed by atoms with Crippen LogP contribution >= 0.6 is 0 Å². The Kier molecular flexibility index (Phi) is 7.25. The van der Waals surface area contributed by atoms with Gasteiger partial charge >= 0.3 is 18.9 Å². The molecule has 2 nitrogen and oxygen atoms in total. The molecule has 0 aliphatic heterocycles. The zero-order valence-electron chi connectivity index (χ0n) is 3.41. The van der Waals surface area contributed by atoms with Crippen molar-refractivity contribution in [3.63, 3.8) is 0 Å². The molecule has 0 saturated carbocycles. The maximum absolute atomic E-state index is 9.11. The molecule has 1 N–H and O–H groups in total. The van der Waals surface area contributed by atoms with Gasteiger partial charge in [-0.2, -0.15) is 0 Å². The van der Waals surface area contributed by atoms with Crippen LogP contribution in [0.15, 0.2) is 0 Å². The van der Waals surface area contributed by atoms with E-state index in [1.54, 1.807) is 0 Å². The number of rotatable bonds is 0. The first-order valence-electron chi connectivity index (χ1n) is 0.954. The van der Waals surface area contributed by atoms with Gasteiger partial charge in [0.05, 0.1) is 0 Å². The van der Waals surface area contributed by atoms with Gasteiger partial charge in [0.25, 0.3) is 0 Å². The van der Waals surface area contributed by atoms with Gasteiger partial charge in [0.15, 0.2) is 0 Å². The van der Waals surface area contributed by atoms with Crippen LogP contribution in [0.5, 0.6) is 0 Å². The first-order valence-corrected chi connectivity index (χ1v) is 0.954. The zero-order chi connectivity index (χ0) is 3.58. The van der Waals surface area contributed by atoms with Crippen molar-refractivity contribution in [2.75, 3.05) is 0 Å². The van der Waals surface area contributed by atoms with Crippen LogP contribution in [0.2, 0.25) is 0 Å². The van der Waals surface area contributed by atoms with Crippen molar-refractivity contribution in [3.8, 4) is 0 Å². The summed E-state index contributed by atoms with van der Waals surface area (Å²) in [4.78, 5) is 9.11. The van der Waals surface area contributed by atoms with Crippen molar-refractivity contribution in [1.29, 1.82) is 0 Å². The average Bonchev–Trinajstić information content (AvgIpc) is 0.811. The van der Waals surface area contributed by atoms with Crippen molar-refractivity contribution in [1.82, 2.24) is 0 Å². The van der Waals surface area contributed by atoms with E-state index < -0.39 is 5.91 Å². The molecule has 0 aromatic carbocycles. The van der Waals surface area contributed by atoms with Gasteiger partial charge in [-0.1, -0.05) is 0 Å². The van der Waals surface area contributed by atoms with E-state index in [2.05, 4.69) is 0 Å². The van der Waals surface area contributed by atoms with E-state index in [4.69, 9.17) is 10.5 Å². The van der Waals surface area contributed by atoms with Crippen molar-refractivity contribution >= 4 is 5.91 Å². The van der Waals surface area contributed by atoms with Crippen LogP contribution in [0.25, 0.3) is 5.73 Å². The predicted octanol–water partition coefficient (Wildman–Crippen LogP) is -2.41. The molecular weight excluding hydrogens is 61.0 g/mol. The minimum absolute atomic E-state index is 0. The summed E-state index contributed by atoms with van der Waals surface area (Å²) in [5.41, 5.74) is 5.94. The van der Waals surface area contributed by atoms with Crippen LogP contribution in [0.1, 0.15) is 6.92 Å². The van der Waals surface area contributed by atoms with E-state index in [-0.39, 0.29) is 18.9 Å². The topological polar surface area (TPSA) is 40.9 Å². The summed E-state index contributed by atoms with van der Waals surface area (Å²) in [6.07, 6.45) is 0. The maximum atomic E-state index is 9.11. The molecule has 1 amide bonds. The number of carbonyl (C=O) groups excluding carboxylic acids is 1. The molecule has 0 bridgehead atoms. The van der Waals surface area contributed by atoms with E-state index in [1.807, 2.05) is 0 Å². The summed E-state index contributed by atoms with van der Waals surface area (Å²) in [5.74, 6) is -0.583. The molecule has 0 aliphatic carbocycles. The quantitative estimate of drug-likeness (QED) is 0.290. The molecular formula is C2H4LiNO. The monoisotopic (exact) mass is 65.0 g/mol. The van der Waals surface area contributed by atoms with Crippen LogP contribution in [-0.4, -0.2) is 5.91 Å². The number of amides is 1. The normalized spacial score (nSPS) is 5.00. The van der Waals surface area contributed by atoms with Crippen molar-refractivity contribution < 1.29 is 23.7 Å². The largest absolute Gasteiger partial charge is 1.00 e. The average molecular weight is 65.0 g/mol. The molecule has 0 radical (unpaired) electrons. The third-order valence-electron chi connectivity index (χ3n) is 0. The third kappa shape index (κ3) is 3830. The fourth-order valence-electron chi connectivity index (χ4n) is 0. The fraction of sp³-hybridized carbons (Fsp3) is 0.500. The Morgan fingerprint density at radius 1 is 1.80 bits per heavy atom. The molecule has 0 aromatic heterocycles. The van der Waals surface area contributed by atoms with Gasteiger partial charge in [-0.05, 0) is 6.92 Å². The van der Waals surface area contributed by atoms with Gasteiger partial charge in [-0.15, -0.1) is 0 Å². The first-order chi connectivity index (χ1) is 1.73. The number of nitrogens with one attached hydrogen (secondary N) is 1. The minimum atomic E-state index is -0.583. The SMILES string of the molecule is CC([NH-])=O.[Li+]. The Bertz CT molecular complexity index is 32.6. The molecule has 0 aromatic rings. The van der Waals surface area contributed by atoms with E-state index in [9.17, 15) is 0 Å². The van der Waals surface area contributed by atoms with Gasteiger partial charge < -0.3 is 10.5 Å². The van der Waals surface area contributed by atoms with E-state index in [1.165, 1.54) is 6.92 Å². The molecule has 0 fully saturated rings. The number of carbonyl (C=O) groups is 1. The van der Waals surface area contributed by atoms with Crippen LogP contribution in [0, 0.1) is 0 Å². The first kappa shape index (κ1) is 8.91. The zero-order valence-corrected chi connectivity index (χ0v) is 3.41. The summed E-state index contributed by atoms with van der Waals surface area (Å²) >= 11 is 0. The van der Waals surface area contributed by atoms with E-state index >= 15 is 0 Å². The van der Waals surface area contributed by atoms with E-state index in [0.717, 1.165) is 0 Å².